The van der Waals surface area contributed by atoms with Crippen molar-refractivity contribution in [1.82, 2.24) is 4.31 Å². The van der Waals surface area contributed by atoms with Crippen molar-refractivity contribution < 1.29 is 13.8 Å². The summed E-state index contributed by atoms with van der Waals surface area (Å²) in [6.07, 6.45) is 0. The number of carbonyl (C=O) groups is 2. The van der Waals surface area contributed by atoms with Crippen LogP contribution in [0.5, 0.6) is 0 Å². The van der Waals surface area contributed by atoms with E-state index >= 15 is 0 Å². The van der Waals surface area contributed by atoms with Crippen molar-refractivity contribution in [2.75, 3.05) is 12.4 Å². The van der Waals surface area contributed by atoms with Gasteiger partial charge in [0.15, 0.2) is 11.0 Å². The van der Waals surface area contributed by atoms with Gasteiger partial charge in [0.25, 0.3) is 5.91 Å². The maximum Gasteiger partial charge on any atom is 0.251 e. The zero-order chi connectivity index (χ0) is 19.1. The Bertz CT molecular complexity index is 1100. The second kappa shape index (κ2) is 6.90. The smallest absolute Gasteiger partial charge is 0.251 e. The van der Waals surface area contributed by atoms with Crippen LogP contribution in [0.2, 0.25) is 0 Å². The lowest BCUT2D eigenvalue weighted by atomic mass is 9.94. The van der Waals surface area contributed by atoms with Gasteiger partial charge in [-0.15, -0.1) is 0 Å². The van der Waals surface area contributed by atoms with Crippen LogP contribution < -0.4 is 5.32 Å². The summed E-state index contributed by atoms with van der Waals surface area (Å²) in [5.41, 5.74) is 1.08. The second-order valence-electron chi connectivity index (χ2n) is 6.25. The van der Waals surface area contributed by atoms with Gasteiger partial charge in [0, 0.05) is 17.2 Å². The van der Waals surface area contributed by atoms with Crippen molar-refractivity contribution in [3.05, 3.63) is 70.7 Å². The van der Waals surface area contributed by atoms with Crippen LogP contribution in [0.15, 0.2) is 70.0 Å². The summed E-state index contributed by atoms with van der Waals surface area (Å²) in [6.45, 7) is 0. The number of benzene rings is 3. The molecule has 3 aromatic rings. The lowest BCUT2D eigenvalue weighted by Crippen LogP contribution is -2.43. The minimum Gasteiger partial charge on any atom is -0.325 e. The molecule has 7 heteroatoms. The molecule has 27 heavy (non-hydrogen) atoms. The summed E-state index contributed by atoms with van der Waals surface area (Å²) in [5, 5.41) is 4.60. The Kier molecular flexibility index (Phi) is 4.57. The van der Waals surface area contributed by atoms with Crippen LogP contribution in [0, 0.1) is 0 Å². The Morgan fingerprint density at radius 1 is 1.07 bits per heavy atom. The average molecular weight is 443 g/mol. The Morgan fingerprint density at radius 2 is 1.70 bits per heavy atom. The molecule has 0 bridgehead atoms. The molecule has 2 unspecified atom stereocenters. The number of hydrogen-bond donors (Lipinski definition) is 1. The fraction of sp³-hybridized carbons (Fsp3) is 0.100. The Labute approximate surface area is 167 Å². The topological polar surface area (TPSA) is 66.5 Å². The number of nitrogens with zero attached hydrogens (tertiary/aromatic N) is 1. The van der Waals surface area contributed by atoms with Crippen LogP contribution in [0.25, 0.3) is 10.8 Å². The molecule has 1 aliphatic heterocycles. The van der Waals surface area contributed by atoms with Crippen LogP contribution in [0.1, 0.15) is 11.5 Å². The van der Waals surface area contributed by atoms with Crippen molar-refractivity contribution in [3.63, 3.8) is 0 Å². The first-order valence-electron chi connectivity index (χ1n) is 8.24. The zero-order valence-corrected chi connectivity index (χ0v) is 16.7. The van der Waals surface area contributed by atoms with Gasteiger partial charge >= 0.3 is 0 Å². The maximum atomic E-state index is 12.9. The summed E-state index contributed by atoms with van der Waals surface area (Å²) in [4.78, 5) is 26.2. The fourth-order valence-electron chi connectivity index (χ4n) is 3.16. The highest BCUT2D eigenvalue weighted by atomic mass is 79.9. The lowest BCUT2D eigenvalue weighted by Gasteiger charge is -2.30. The highest BCUT2D eigenvalue weighted by Crippen LogP contribution is 2.35. The summed E-state index contributed by atoms with van der Waals surface area (Å²) in [6, 6.07) is 18.3. The minimum absolute atomic E-state index is 0.442. The molecule has 1 N–H and O–H groups in total. The van der Waals surface area contributed by atoms with Gasteiger partial charge in [-0.05, 0) is 52.7 Å². The van der Waals surface area contributed by atoms with Gasteiger partial charge in [0.1, 0.15) is 5.92 Å². The predicted octanol–water partition coefficient (Wildman–Crippen LogP) is 3.82. The predicted molar refractivity (Wildman–Crippen MR) is 109 cm³/mol. The highest BCUT2D eigenvalue weighted by Gasteiger charge is 2.40. The molecule has 0 saturated carbocycles. The first kappa shape index (κ1) is 17.9. The average Bonchev–Trinajstić information content (AvgIpc) is 2.67. The number of hydrogen-bond acceptors (Lipinski definition) is 3. The van der Waals surface area contributed by atoms with Crippen molar-refractivity contribution in [2.24, 2.45) is 0 Å². The molecular weight excluding hydrogens is 428 g/mol. The Morgan fingerprint density at radius 3 is 2.37 bits per heavy atom. The van der Waals surface area contributed by atoms with Crippen LogP contribution in [-0.2, 0) is 20.6 Å². The zero-order valence-electron chi connectivity index (χ0n) is 14.3. The number of nitrogens with one attached hydrogen (secondary N) is 1. The molecule has 0 radical (unpaired) electrons. The van der Waals surface area contributed by atoms with E-state index in [9.17, 15) is 13.8 Å². The molecule has 5 nitrogen and oxygen atoms in total. The Balaban J connectivity index is 1.80. The third kappa shape index (κ3) is 3.17. The molecule has 2 amide bonds. The summed E-state index contributed by atoms with van der Waals surface area (Å²) < 4.78 is 14.7. The number of rotatable bonds is 2. The van der Waals surface area contributed by atoms with Gasteiger partial charge in [-0.2, -0.15) is 0 Å². The molecule has 0 saturated heterocycles. The molecule has 0 fully saturated rings. The third-order valence-electron chi connectivity index (χ3n) is 4.56. The number of likely N-dealkylation sites (N-methyl/N-ethyl adjacent to an activating group) is 1. The minimum atomic E-state index is -1.64. The van der Waals surface area contributed by atoms with Gasteiger partial charge in [0.2, 0.25) is 5.91 Å². The van der Waals surface area contributed by atoms with E-state index in [-0.39, 0.29) is 0 Å². The van der Waals surface area contributed by atoms with Crippen molar-refractivity contribution in [3.8, 4) is 0 Å². The normalized spacial score (nSPS) is 19.0. The first-order valence-corrected chi connectivity index (χ1v) is 10.1. The molecule has 0 aliphatic carbocycles. The SMILES string of the molecule is CN1C(=O)C(C(=O)Nc2ccc(Br)cc2)c2cc3ccccc3cc2S1=O. The quantitative estimate of drug-likeness (QED) is 0.613. The van der Waals surface area contributed by atoms with Crippen LogP contribution in [0.4, 0.5) is 5.69 Å². The summed E-state index contributed by atoms with van der Waals surface area (Å²) in [7, 11) is -0.180. The van der Waals surface area contributed by atoms with Gasteiger partial charge in [-0.3, -0.25) is 13.9 Å². The highest BCUT2D eigenvalue weighted by molar-refractivity contribution is 9.10. The van der Waals surface area contributed by atoms with E-state index in [0.717, 1.165) is 19.6 Å². The summed E-state index contributed by atoms with van der Waals surface area (Å²) >= 11 is 3.35. The first-order chi connectivity index (χ1) is 13.0. The second-order valence-corrected chi connectivity index (χ2v) is 8.65. The molecule has 136 valence electrons. The lowest BCUT2D eigenvalue weighted by molar-refractivity contribution is -0.132. The number of halogens is 1. The fourth-order valence-corrected chi connectivity index (χ4v) is 4.59. The van der Waals surface area contributed by atoms with E-state index in [1.165, 1.54) is 7.05 Å². The van der Waals surface area contributed by atoms with Crippen molar-refractivity contribution >= 4 is 55.2 Å². The van der Waals surface area contributed by atoms with Gasteiger partial charge < -0.3 is 5.32 Å². The molecule has 2 atom stereocenters. The van der Waals surface area contributed by atoms with E-state index < -0.39 is 28.7 Å². The van der Waals surface area contributed by atoms with Crippen molar-refractivity contribution in [2.45, 2.75) is 10.8 Å². The number of anilines is 1. The van der Waals surface area contributed by atoms with Gasteiger partial charge in [0.05, 0.1) is 4.90 Å². The van der Waals surface area contributed by atoms with E-state index in [2.05, 4.69) is 21.2 Å². The number of carbonyl (C=O) groups excluding carboxylic acids is 2. The molecule has 0 aromatic heterocycles. The van der Waals surface area contributed by atoms with E-state index in [0.29, 0.717) is 16.1 Å². The molecule has 1 aliphatic rings. The van der Waals surface area contributed by atoms with Crippen molar-refractivity contribution in [1.29, 1.82) is 0 Å². The molecule has 0 spiro atoms. The van der Waals surface area contributed by atoms with Crippen LogP contribution >= 0.6 is 15.9 Å². The van der Waals surface area contributed by atoms with Crippen LogP contribution in [-0.4, -0.2) is 27.4 Å². The van der Waals surface area contributed by atoms with E-state index in [1.54, 1.807) is 36.4 Å². The maximum absolute atomic E-state index is 12.9. The van der Waals surface area contributed by atoms with Crippen LogP contribution in [0.3, 0.4) is 0 Å². The van der Waals surface area contributed by atoms with E-state index in [4.69, 9.17) is 0 Å². The van der Waals surface area contributed by atoms with Gasteiger partial charge in [-0.1, -0.05) is 40.2 Å². The number of amides is 2. The molecular formula is C20H15BrN2O3S. The molecule has 4 rings (SSSR count). The monoisotopic (exact) mass is 442 g/mol. The number of fused-ring (bicyclic) bond motifs is 2. The third-order valence-corrected chi connectivity index (χ3v) is 6.49. The largest absolute Gasteiger partial charge is 0.325 e. The molecule has 3 aromatic carbocycles. The van der Waals surface area contributed by atoms with E-state index in [1.807, 2.05) is 24.3 Å². The van der Waals surface area contributed by atoms with Gasteiger partial charge in [-0.25, -0.2) is 4.21 Å². The standard InChI is InChI=1S/C20H15BrN2O3S/c1-23-20(25)18(19(24)22-15-8-6-14(21)7-9-15)16-10-12-4-2-3-5-13(12)11-17(16)27(23)26/h2-11,18H,1H3,(H,22,24). The molecule has 1 heterocycles. The Hall–Kier alpha value is -2.51. The summed E-state index contributed by atoms with van der Waals surface area (Å²) in [5.74, 6) is -1.97.